The van der Waals surface area contributed by atoms with Gasteiger partial charge in [0.05, 0.1) is 4.92 Å². The topological polar surface area (TPSA) is 91.8 Å². The maximum absolute atomic E-state index is 11.0. The lowest BCUT2D eigenvalue weighted by molar-refractivity contribution is -0.384. The van der Waals surface area contributed by atoms with Crippen molar-refractivity contribution in [1.29, 1.82) is 5.26 Å². The smallest absolute Gasteiger partial charge is 0.328 e. The van der Waals surface area contributed by atoms with E-state index in [4.69, 9.17) is 5.26 Å². The number of nitriles is 1. The minimum Gasteiger partial charge on any atom is -0.362 e. The van der Waals surface area contributed by atoms with Crippen molar-refractivity contribution in [3.8, 4) is 6.07 Å². The summed E-state index contributed by atoms with van der Waals surface area (Å²) in [5.74, 6) is 0.915. The molecule has 1 heterocycles. The highest BCUT2D eigenvalue weighted by molar-refractivity contribution is 5.64. The van der Waals surface area contributed by atoms with Crippen molar-refractivity contribution in [2.45, 2.75) is 32.2 Å². The number of anilines is 1. The van der Waals surface area contributed by atoms with Gasteiger partial charge in [0.2, 0.25) is 5.82 Å². The highest BCUT2D eigenvalue weighted by Gasteiger charge is 2.26. The van der Waals surface area contributed by atoms with Crippen molar-refractivity contribution in [2.75, 3.05) is 5.32 Å². The van der Waals surface area contributed by atoms with Crippen molar-refractivity contribution in [2.24, 2.45) is 5.92 Å². The summed E-state index contributed by atoms with van der Waals surface area (Å²) in [6.07, 6.45) is 4.87. The molecule has 0 saturated heterocycles. The van der Waals surface area contributed by atoms with Gasteiger partial charge in [0.1, 0.15) is 11.6 Å². The van der Waals surface area contributed by atoms with Gasteiger partial charge in [-0.2, -0.15) is 5.26 Å². The second-order valence-electron chi connectivity index (χ2n) is 4.65. The molecule has 1 saturated carbocycles. The van der Waals surface area contributed by atoms with Gasteiger partial charge in [-0.1, -0.05) is 12.8 Å². The van der Waals surface area contributed by atoms with Gasteiger partial charge in [0.15, 0.2) is 0 Å². The van der Waals surface area contributed by atoms with Gasteiger partial charge in [0.25, 0.3) is 0 Å². The Morgan fingerprint density at radius 3 is 3.00 bits per heavy atom. The van der Waals surface area contributed by atoms with Gasteiger partial charge in [-0.05, 0) is 25.3 Å². The standard InChI is InChI=1S/C12H14N4O2/c1-8(6-9-2-3-9)15-12-11(16(17)18)10(7-13)4-5-14-12/h4-5,8-9H,2-3,6H2,1H3,(H,14,15). The fourth-order valence-electron chi connectivity index (χ4n) is 1.98. The van der Waals surface area contributed by atoms with Crippen LogP contribution in [-0.2, 0) is 0 Å². The van der Waals surface area contributed by atoms with E-state index in [1.54, 1.807) is 0 Å². The molecule has 18 heavy (non-hydrogen) atoms. The molecule has 1 aliphatic rings. The van der Waals surface area contributed by atoms with E-state index >= 15 is 0 Å². The largest absolute Gasteiger partial charge is 0.362 e. The Bertz CT molecular complexity index is 505. The van der Waals surface area contributed by atoms with Crippen LogP contribution in [0.5, 0.6) is 0 Å². The predicted molar refractivity (Wildman–Crippen MR) is 66.0 cm³/mol. The summed E-state index contributed by atoms with van der Waals surface area (Å²) in [6.45, 7) is 1.97. The third-order valence-corrected chi connectivity index (χ3v) is 2.99. The average Bonchev–Trinajstić information content (AvgIpc) is 3.11. The van der Waals surface area contributed by atoms with E-state index in [9.17, 15) is 10.1 Å². The average molecular weight is 246 g/mol. The fraction of sp³-hybridized carbons (Fsp3) is 0.500. The molecule has 1 N–H and O–H groups in total. The third-order valence-electron chi connectivity index (χ3n) is 2.99. The zero-order valence-electron chi connectivity index (χ0n) is 10.1. The van der Waals surface area contributed by atoms with Crippen LogP contribution in [0, 0.1) is 27.4 Å². The number of hydrogen-bond acceptors (Lipinski definition) is 5. The van der Waals surface area contributed by atoms with E-state index < -0.39 is 4.92 Å². The lowest BCUT2D eigenvalue weighted by atomic mass is 10.1. The van der Waals surface area contributed by atoms with Crippen LogP contribution in [-0.4, -0.2) is 15.9 Å². The Kier molecular flexibility index (Phi) is 3.42. The second-order valence-corrected chi connectivity index (χ2v) is 4.65. The molecule has 0 spiro atoms. The monoisotopic (exact) mass is 246 g/mol. The highest BCUT2D eigenvalue weighted by Crippen LogP contribution is 2.34. The van der Waals surface area contributed by atoms with E-state index in [1.807, 2.05) is 13.0 Å². The molecule has 0 bridgehead atoms. The zero-order valence-corrected chi connectivity index (χ0v) is 10.1. The number of nitrogens with zero attached hydrogens (tertiary/aromatic N) is 3. The highest BCUT2D eigenvalue weighted by atomic mass is 16.6. The summed E-state index contributed by atoms with van der Waals surface area (Å²) in [4.78, 5) is 14.4. The lowest BCUT2D eigenvalue weighted by Gasteiger charge is -2.14. The molecule has 2 rings (SSSR count). The molecule has 0 aliphatic heterocycles. The fourth-order valence-corrected chi connectivity index (χ4v) is 1.98. The maximum Gasteiger partial charge on any atom is 0.328 e. The molecule has 1 atom stereocenters. The van der Waals surface area contributed by atoms with Gasteiger partial charge >= 0.3 is 5.69 Å². The van der Waals surface area contributed by atoms with Crippen LogP contribution >= 0.6 is 0 Å². The van der Waals surface area contributed by atoms with Crippen molar-refractivity contribution >= 4 is 11.5 Å². The summed E-state index contributed by atoms with van der Waals surface area (Å²) in [7, 11) is 0. The predicted octanol–water partition coefficient (Wildman–Crippen LogP) is 2.46. The Balaban J connectivity index is 2.20. The van der Waals surface area contributed by atoms with Gasteiger partial charge in [-0.15, -0.1) is 0 Å². The van der Waals surface area contributed by atoms with Crippen molar-refractivity contribution in [3.63, 3.8) is 0 Å². The number of hydrogen-bond donors (Lipinski definition) is 1. The van der Waals surface area contributed by atoms with Crippen molar-refractivity contribution in [1.82, 2.24) is 4.98 Å². The molecule has 0 amide bonds. The molecular weight excluding hydrogens is 232 g/mol. The minimum atomic E-state index is -0.558. The van der Waals surface area contributed by atoms with Crippen LogP contribution in [0.2, 0.25) is 0 Å². The first-order valence-electron chi connectivity index (χ1n) is 5.92. The number of rotatable bonds is 5. The first-order valence-corrected chi connectivity index (χ1v) is 5.92. The molecule has 0 radical (unpaired) electrons. The van der Waals surface area contributed by atoms with E-state index in [0.29, 0.717) is 0 Å². The third kappa shape index (κ3) is 2.74. The number of nitro groups is 1. The lowest BCUT2D eigenvalue weighted by Crippen LogP contribution is -2.18. The molecular formula is C12H14N4O2. The van der Waals surface area contributed by atoms with Gasteiger partial charge < -0.3 is 5.32 Å². The Morgan fingerprint density at radius 1 is 1.72 bits per heavy atom. The zero-order chi connectivity index (χ0) is 13.1. The van der Waals surface area contributed by atoms with E-state index in [2.05, 4.69) is 10.3 Å². The normalized spacial score (nSPS) is 15.8. The van der Waals surface area contributed by atoms with Crippen LogP contribution in [0.4, 0.5) is 11.5 Å². The molecule has 1 fully saturated rings. The van der Waals surface area contributed by atoms with Gasteiger partial charge in [-0.25, -0.2) is 4.98 Å². The molecule has 94 valence electrons. The Hall–Kier alpha value is -2.16. The number of nitrogens with one attached hydrogen (secondary N) is 1. The molecule has 1 aliphatic carbocycles. The second kappa shape index (κ2) is 5.00. The first-order chi connectivity index (χ1) is 8.61. The summed E-state index contributed by atoms with van der Waals surface area (Å²) < 4.78 is 0. The summed E-state index contributed by atoms with van der Waals surface area (Å²) >= 11 is 0. The Morgan fingerprint density at radius 2 is 2.44 bits per heavy atom. The quantitative estimate of drug-likeness (QED) is 0.636. The van der Waals surface area contributed by atoms with E-state index in [1.165, 1.54) is 25.1 Å². The number of pyridine rings is 1. The van der Waals surface area contributed by atoms with Crippen LogP contribution < -0.4 is 5.32 Å². The van der Waals surface area contributed by atoms with Gasteiger partial charge in [0, 0.05) is 12.2 Å². The molecule has 6 heteroatoms. The van der Waals surface area contributed by atoms with Crippen LogP contribution in [0.25, 0.3) is 0 Å². The van der Waals surface area contributed by atoms with Gasteiger partial charge in [-0.3, -0.25) is 10.1 Å². The van der Waals surface area contributed by atoms with E-state index in [-0.39, 0.29) is 23.1 Å². The molecule has 6 nitrogen and oxygen atoms in total. The molecule has 1 aromatic rings. The minimum absolute atomic E-state index is 0.0381. The van der Waals surface area contributed by atoms with Crippen LogP contribution in [0.3, 0.4) is 0 Å². The molecule has 1 unspecified atom stereocenters. The molecule has 1 aromatic heterocycles. The van der Waals surface area contributed by atoms with Crippen LogP contribution in [0.1, 0.15) is 31.7 Å². The van der Waals surface area contributed by atoms with E-state index in [0.717, 1.165) is 12.3 Å². The van der Waals surface area contributed by atoms with Crippen molar-refractivity contribution in [3.05, 3.63) is 27.9 Å². The summed E-state index contributed by atoms with van der Waals surface area (Å²) in [5, 5.41) is 22.9. The van der Waals surface area contributed by atoms with Crippen molar-refractivity contribution < 1.29 is 4.92 Å². The Labute approximate surface area is 105 Å². The molecule has 0 aromatic carbocycles. The summed E-state index contributed by atoms with van der Waals surface area (Å²) in [5.41, 5.74) is -0.196. The number of aromatic nitrogens is 1. The maximum atomic E-state index is 11.0. The SMILES string of the molecule is CC(CC1CC1)Nc1nccc(C#N)c1[N+](=O)[O-]. The summed E-state index contributed by atoms with van der Waals surface area (Å²) in [6, 6.07) is 3.30. The first kappa shape index (κ1) is 12.3. The van der Waals surface area contributed by atoms with Crippen LogP contribution in [0.15, 0.2) is 12.3 Å².